The Kier molecular flexibility index (Phi) is 5.36. The summed E-state index contributed by atoms with van der Waals surface area (Å²) in [5.74, 6) is 0.198. The van der Waals surface area contributed by atoms with Crippen molar-refractivity contribution in [3.63, 3.8) is 0 Å². The molecule has 120 valence electrons. The predicted octanol–water partition coefficient (Wildman–Crippen LogP) is 5.07. The van der Waals surface area contributed by atoms with Gasteiger partial charge in [-0.3, -0.25) is 4.79 Å². The van der Waals surface area contributed by atoms with Gasteiger partial charge in [-0.15, -0.1) is 11.8 Å². The van der Waals surface area contributed by atoms with Gasteiger partial charge in [0.2, 0.25) is 0 Å². The van der Waals surface area contributed by atoms with E-state index in [-0.39, 0.29) is 22.2 Å². The Morgan fingerprint density at radius 1 is 1.18 bits per heavy atom. The van der Waals surface area contributed by atoms with Gasteiger partial charge in [0.05, 0.1) is 11.4 Å². The Balaban J connectivity index is 2.05. The average Bonchev–Trinajstić information content (AvgIpc) is 2.42. The monoisotopic (exact) mass is 334 g/mol. The molecule has 0 saturated carbocycles. The first-order chi connectivity index (χ1) is 10.2. The highest BCUT2D eigenvalue weighted by Gasteiger charge is 2.40. The molecule has 0 aromatic heterocycles. The molecular weight excluding hydrogens is 308 g/mol. The second-order valence-corrected chi connectivity index (χ2v) is 13.4. The lowest BCUT2D eigenvalue weighted by Gasteiger charge is -2.39. The van der Waals surface area contributed by atoms with E-state index in [0.29, 0.717) is 0 Å². The minimum Gasteiger partial charge on any atom is -0.410 e. The molecule has 22 heavy (non-hydrogen) atoms. The first-order valence-corrected chi connectivity index (χ1v) is 11.6. The fourth-order valence-corrected chi connectivity index (χ4v) is 4.54. The fourth-order valence-electron chi connectivity index (χ4n) is 2.13. The maximum absolute atomic E-state index is 12.2. The smallest absolute Gasteiger partial charge is 0.192 e. The summed E-state index contributed by atoms with van der Waals surface area (Å²) in [6.07, 6.45) is 4.48. The molecule has 1 aromatic rings. The number of carbonyl (C=O) groups excluding carboxylic acids is 1. The topological polar surface area (TPSA) is 26.3 Å². The van der Waals surface area contributed by atoms with Crippen molar-refractivity contribution in [1.29, 1.82) is 0 Å². The number of hydrogen-bond acceptors (Lipinski definition) is 3. The Morgan fingerprint density at radius 2 is 1.82 bits per heavy atom. The second-order valence-electron chi connectivity index (χ2n) is 7.33. The number of allylic oxidation sites excluding steroid dienone is 1. The number of carbonyl (C=O) groups is 1. The maximum atomic E-state index is 12.2. The highest BCUT2D eigenvalue weighted by Crippen LogP contribution is 2.39. The summed E-state index contributed by atoms with van der Waals surface area (Å²) >= 11 is 1.64. The van der Waals surface area contributed by atoms with Crippen LogP contribution in [0.4, 0.5) is 0 Å². The number of hydrogen-bond donors (Lipinski definition) is 0. The van der Waals surface area contributed by atoms with Gasteiger partial charge in [-0.05, 0) is 42.8 Å². The molecule has 0 aliphatic heterocycles. The lowest BCUT2D eigenvalue weighted by atomic mass is 10.0. The molecule has 4 heteroatoms. The van der Waals surface area contributed by atoms with Crippen molar-refractivity contribution < 1.29 is 9.22 Å². The predicted molar refractivity (Wildman–Crippen MR) is 96.9 cm³/mol. The van der Waals surface area contributed by atoms with E-state index in [1.165, 1.54) is 0 Å². The molecule has 0 spiro atoms. The molecule has 0 heterocycles. The zero-order valence-electron chi connectivity index (χ0n) is 14.1. The van der Waals surface area contributed by atoms with Crippen molar-refractivity contribution >= 4 is 25.9 Å². The highest BCUT2D eigenvalue weighted by atomic mass is 32.2. The van der Waals surface area contributed by atoms with E-state index in [1.54, 1.807) is 17.8 Å². The van der Waals surface area contributed by atoms with E-state index in [4.69, 9.17) is 4.43 Å². The zero-order valence-corrected chi connectivity index (χ0v) is 15.9. The van der Waals surface area contributed by atoms with Gasteiger partial charge in [0.1, 0.15) is 0 Å². The summed E-state index contributed by atoms with van der Waals surface area (Å²) in [7, 11) is -1.81. The van der Waals surface area contributed by atoms with Gasteiger partial charge >= 0.3 is 0 Å². The molecule has 2 nitrogen and oxygen atoms in total. The van der Waals surface area contributed by atoms with Crippen LogP contribution in [0.1, 0.15) is 27.2 Å². The van der Waals surface area contributed by atoms with Gasteiger partial charge in [0, 0.05) is 4.90 Å². The van der Waals surface area contributed by atoms with Crippen LogP contribution in [-0.2, 0) is 9.22 Å². The Labute approximate surface area is 139 Å². The van der Waals surface area contributed by atoms with Crippen LogP contribution >= 0.6 is 11.8 Å². The third kappa shape index (κ3) is 4.34. The lowest BCUT2D eigenvalue weighted by Crippen LogP contribution is -2.45. The summed E-state index contributed by atoms with van der Waals surface area (Å²) in [5, 5.41) is 0.145. The highest BCUT2D eigenvalue weighted by molar-refractivity contribution is 8.00. The van der Waals surface area contributed by atoms with Crippen LogP contribution in [0.25, 0.3) is 0 Å². The molecule has 0 amide bonds. The molecule has 0 N–H and O–H groups in total. The quantitative estimate of drug-likeness (QED) is 0.719. The van der Waals surface area contributed by atoms with E-state index < -0.39 is 8.32 Å². The van der Waals surface area contributed by atoms with Gasteiger partial charge in [-0.2, -0.15) is 0 Å². The molecular formula is C18H26O2SSi. The van der Waals surface area contributed by atoms with Crippen LogP contribution in [-0.4, -0.2) is 25.5 Å². The number of thioether (sulfide) groups is 1. The molecule has 2 rings (SSSR count). The van der Waals surface area contributed by atoms with E-state index in [1.807, 2.05) is 24.3 Å². The van der Waals surface area contributed by atoms with E-state index in [9.17, 15) is 4.79 Å². The van der Waals surface area contributed by atoms with Crippen LogP contribution in [0.5, 0.6) is 0 Å². The molecule has 0 saturated heterocycles. The van der Waals surface area contributed by atoms with Gasteiger partial charge < -0.3 is 4.43 Å². The van der Waals surface area contributed by atoms with E-state index in [0.717, 1.165) is 11.3 Å². The van der Waals surface area contributed by atoms with Crippen LogP contribution in [0.2, 0.25) is 18.1 Å². The van der Waals surface area contributed by atoms with Crippen LogP contribution in [0.15, 0.2) is 47.4 Å². The minimum absolute atomic E-state index is 0.0397. The standard InChI is InChI=1S/C18H26O2SSi/c1-18(2,3)22(4,5)20-14-11-12-16(19)17(13-14)21-15-9-7-6-8-10-15/h6-12,14,17H,13H2,1-5H3/t14-,17-/m0/s1. The van der Waals surface area contributed by atoms with Crippen LogP contribution < -0.4 is 0 Å². The minimum atomic E-state index is -1.81. The summed E-state index contributed by atoms with van der Waals surface area (Å²) in [6.45, 7) is 11.3. The fraction of sp³-hybridized carbons (Fsp3) is 0.500. The SMILES string of the molecule is CC(C)(C)[Si](C)(C)O[C@H]1C=CC(=O)[C@@H](Sc2ccccc2)C1. The third-order valence-electron chi connectivity index (χ3n) is 4.51. The van der Waals surface area contributed by atoms with E-state index in [2.05, 4.69) is 46.0 Å². The maximum Gasteiger partial charge on any atom is 0.192 e. The number of ketones is 1. The van der Waals surface area contributed by atoms with Crippen molar-refractivity contribution in [3.8, 4) is 0 Å². The Hall–Kier alpha value is -0.843. The summed E-state index contributed by atoms with van der Waals surface area (Å²) in [6, 6.07) is 10.1. The van der Waals surface area contributed by atoms with Gasteiger partial charge in [-0.1, -0.05) is 45.0 Å². The van der Waals surface area contributed by atoms with Crippen molar-refractivity contribution in [2.24, 2.45) is 0 Å². The Bertz CT molecular complexity index is 546. The van der Waals surface area contributed by atoms with Crippen molar-refractivity contribution in [2.75, 3.05) is 0 Å². The molecule has 0 unspecified atom stereocenters. The van der Waals surface area contributed by atoms with Crippen molar-refractivity contribution in [2.45, 2.75) is 61.6 Å². The first-order valence-electron chi connectivity index (χ1n) is 7.80. The van der Waals surface area contributed by atoms with Crippen molar-refractivity contribution in [3.05, 3.63) is 42.5 Å². The summed E-state index contributed by atoms with van der Waals surface area (Å²) in [5.41, 5.74) is 0. The number of rotatable bonds is 4. The van der Waals surface area contributed by atoms with E-state index >= 15 is 0 Å². The second kappa shape index (κ2) is 6.73. The molecule has 0 radical (unpaired) electrons. The molecule has 1 aliphatic rings. The molecule has 0 fully saturated rings. The first kappa shape index (κ1) is 17.5. The number of benzene rings is 1. The molecule has 2 atom stereocenters. The third-order valence-corrected chi connectivity index (χ3v) is 10.3. The van der Waals surface area contributed by atoms with Crippen LogP contribution in [0.3, 0.4) is 0 Å². The van der Waals surface area contributed by atoms with Gasteiger partial charge in [-0.25, -0.2) is 0 Å². The Morgan fingerprint density at radius 3 is 2.41 bits per heavy atom. The molecule has 0 bridgehead atoms. The van der Waals surface area contributed by atoms with Crippen molar-refractivity contribution in [1.82, 2.24) is 0 Å². The largest absolute Gasteiger partial charge is 0.410 e. The average molecular weight is 335 g/mol. The summed E-state index contributed by atoms with van der Waals surface area (Å²) < 4.78 is 6.45. The normalized spacial score (nSPS) is 22.9. The van der Waals surface area contributed by atoms with Crippen LogP contribution in [0, 0.1) is 0 Å². The zero-order chi connectivity index (χ0) is 16.4. The summed E-state index contributed by atoms with van der Waals surface area (Å²) in [4.78, 5) is 13.3. The van der Waals surface area contributed by atoms with Gasteiger partial charge in [0.25, 0.3) is 0 Å². The molecule has 1 aliphatic carbocycles. The van der Waals surface area contributed by atoms with Gasteiger partial charge in [0.15, 0.2) is 14.1 Å². The molecule has 1 aromatic carbocycles. The lowest BCUT2D eigenvalue weighted by molar-refractivity contribution is -0.115.